The summed E-state index contributed by atoms with van der Waals surface area (Å²) in [5.74, 6) is -1.08. The summed E-state index contributed by atoms with van der Waals surface area (Å²) >= 11 is 0. The molecule has 30 heavy (non-hydrogen) atoms. The molecule has 6 heteroatoms. The van der Waals surface area contributed by atoms with E-state index in [0.717, 1.165) is 49.5 Å². The molecule has 0 aliphatic carbocycles. The molecule has 2 heterocycles. The average molecular weight is 407 g/mol. The van der Waals surface area contributed by atoms with Gasteiger partial charge in [-0.2, -0.15) is 0 Å². The first kappa shape index (κ1) is 20.4. The van der Waals surface area contributed by atoms with Crippen molar-refractivity contribution in [1.82, 2.24) is 0 Å². The van der Waals surface area contributed by atoms with E-state index in [1.54, 1.807) is 12.3 Å². The minimum Gasteiger partial charge on any atom is -0.370 e. The van der Waals surface area contributed by atoms with Crippen LogP contribution in [0.4, 0.5) is 5.69 Å². The largest absolute Gasteiger partial charge is 0.370 e. The second-order valence-corrected chi connectivity index (χ2v) is 7.98. The topological polar surface area (TPSA) is 63.4 Å². The minimum absolute atomic E-state index is 0.246. The maximum atomic E-state index is 13.4. The van der Waals surface area contributed by atoms with Crippen LogP contribution < -0.4 is 9.80 Å². The van der Waals surface area contributed by atoms with Gasteiger partial charge in [0, 0.05) is 11.8 Å². The predicted octanol–water partition coefficient (Wildman–Crippen LogP) is 1.56. The highest BCUT2D eigenvalue weighted by Crippen LogP contribution is 2.32. The number of benzene rings is 2. The van der Waals surface area contributed by atoms with Crippen LogP contribution in [-0.4, -0.2) is 57.4 Å². The van der Waals surface area contributed by atoms with Gasteiger partial charge in [0.1, 0.15) is 13.1 Å². The Morgan fingerprint density at radius 1 is 1.10 bits per heavy atom. The van der Waals surface area contributed by atoms with Gasteiger partial charge >= 0.3 is 0 Å². The summed E-state index contributed by atoms with van der Waals surface area (Å²) in [4.78, 5) is 33.9. The highest BCUT2D eigenvalue weighted by molar-refractivity contribution is 6.29. The van der Waals surface area contributed by atoms with Crippen LogP contribution >= 0.6 is 0 Å². The van der Waals surface area contributed by atoms with Gasteiger partial charge in [-0.15, -0.1) is 0 Å². The first-order chi connectivity index (χ1) is 14.6. The number of ether oxygens (including phenoxy) is 1. The maximum Gasteiger partial charge on any atom is 0.265 e. The fourth-order valence-corrected chi connectivity index (χ4v) is 4.02. The van der Waals surface area contributed by atoms with Gasteiger partial charge in [-0.3, -0.25) is 14.6 Å². The molecular weight excluding hydrogens is 378 g/mol. The number of carbonyl (C=O) groups is 2. The van der Waals surface area contributed by atoms with Gasteiger partial charge in [-0.1, -0.05) is 24.3 Å². The zero-order chi connectivity index (χ0) is 21.1. The van der Waals surface area contributed by atoms with E-state index in [9.17, 15) is 9.59 Å². The van der Waals surface area contributed by atoms with Crippen LogP contribution in [0.25, 0.3) is 0 Å². The number of nitrogens with zero attached hydrogens (tertiary/aromatic N) is 2. The van der Waals surface area contributed by atoms with E-state index < -0.39 is 5.92 Å². The standard InChI is InChI=1S/C24H27N3O3/c1-17-7-8-19(15-18(17)2)27-23(28)21-6-4-3-5-20(21)22(24(27)29)16-25-9-10-26-11-13-30-14-12-26/h3-8,15-16,22H,9-14H2,1-2H3/p+1/t22-/m0/s1. The van der Waals surface area contributed by atoms with E-state index in [1.807, 2.05) is 50.2 Å². The van der Waals surface area contributed by atoms with E-state index in [-0.39, 0.29) is 11.8 Å². The smallest absolute Gasteiger partial charge is 0.265 e. The second kappa shape index (κ2) is 8.90. The van der Waals surface area contributed by atoms with Gasteiger partial charge in [0.15, 0.2) is 0 Å². The van der Waals surface area contributed by atoms with Crippen LogP contribution in [0.1, 0.15) is 33.0 Å². The van der Waals surface area contributed by atoms with Crippen LogP contribution in [-0.2, 0) is 9.53 Å². The van der Waals surface area contributed by atoms with Crippen molar-refractivity contribution < 1.29 is 19.2 Å². The number of quaternary nitrogens is 1. The number of morpholine rings is 1. The Bertz CT molecular complexity index is 979. The Morgan fingerprint density at radius 2 is 1.87 bits per heavy atom. The number of fused-ring (bicyclic) bond motifs is 1. The van der Waals surface area contributed by atoms with E-state index in [2.05, 4.69) is 4.99 Å². The molecule has 1 N–H and O–H groups in total. The van der Waals surface area contributed by atoms with E-state index in [4.69, 9.17) is 4.74 Å². The Labute approximate surface area is 177 Å². The normalized spacial score (nSPS) is 20.1. The lowest BCUT2D eigenvalue weighted by atomic mass is 9.88. The molecule has 2 aliphatic heterocycles. The molecule has 2 aromatic rings. The molecule has 2 aromatic carbocycles. The van der Waals surface area contributed by atoms with Gasteiger partial charge < -0.3 is 9.64 Å². The fraction of sp³-hybridized carbons (Fsp3) is 0.375. The van der Waals surface area contributed by atoms with Crippen molar-refractivity contribution in [3.8, 4) is 0 Å². The second-order valence-electron chi connectivity index (χ2n) is 7.98. The monoisotopic (exact) mass is 406 g/mol. The van der Waals surface area contributed by atoms with Crippen molar-refractivity contribution in [2.24, 2.45) is 4.99 Å². The molecule has 0 unspecified atom stereocenters. The number of hydrogen-bond donors (Lipinski definition) is 1. The van der Waals surface area contributed by atoms with Gasteiger partial charge in [0.25, 0.3) is 5.91 Å². The van der Waals surface area contributed by atoms with Crippen molar-refractivity contribution in [1.29, 1.82) is 0 Å². The lowest BCUT2D eigenvalue weighted by molar-refractivity contribution is -0.906. The molecule has 0 radical (unpaired) electrons. The summed E-state index contributed by atoms with van der Waals surface area (Å²) in [6.45, 7) is 9.15. The lowest BCUT2D eigenvalue weighted by Gasteiger charge is -2.31. The molecule has 156 valence electrons. The highest BCUT2D eigenvalue weighted by atomic mass is 16.5. The zero-order valence-corrected chi connectivity index (χ0v) is 17.6. The molecular formula is C24H28N3O3+. The lowest BCUT2D eigenvalue weighted by Crippen LogP contribution is -3.14. The fourth-order valence-electron chi connectivity index (χ4n) is 4.02. The third-order valence-electron chi connectivity index (χ3n) is 6.01. The number of amides is 2. The van der Waals surface area contributed by atoms with Crippen molar-refractivity contribution in [2.75, 3.05) is 44.3 Å². The van der Waals surface area contributed by atoms with E-state index >= 15 is 0 Å². The SMILES string of the molecule is Cc1ccc(N2C(=O)c3ccccc3[C@H](C=NCC[NH+]3CCOCC3)C2=O)cc1C. The van der Waals surface area contributed by atoms with Crippen molar-refractivity contribution in [3.63, 3.8) is 0 Å². The van der Waals surface area contributed by atoms with E-state index in [0.29, 0.717) is 17.8 Å². The number of hydrogen-bond acceptors (Lipinski definition) is 4. The van der Waals surface area contributed by atoms with E-state index in [1.165, 1.54) is 9.80 Å². The van der Waals surface area contributed by atoms with Gasteiger partial charge in [-0.25, -0.2) is 4.90 Å². The Balaban J connectivity index is 1.59. The summed E-state index contributed by atoms with van der Waals surface area (Å²) in [6.07, 6.45) is 1.72. The Kier molecular flexibility index (Phi) is 6.06. The molecule has 1 atom stereocenters. The van der Waals surface area contributed by atoms with Crippen LogP contribution in [0.5, 0.6) is 0 Å². The minimum atomic E-state index is -0.555. The summed E-state index contributed by atoms with van der Waals surface area (Å²) in [5.41, 5.74) is 4.07. The summed E-state index contributed by atoms with van der Waals surface area (Å²) < 4.78 is 5.39. The number of aryl methyl sites for hydroxylation is 2. The molecule has 2 aliphatic rings. The molecule has 1 fully saturated rings. The number of nitrogens with one attached hydrogen (secondary N) is 1. The first-order valence-corrected chi connectivity index (χ1v) is 10.5. The van der Waals surface area contributed by atoms with Gasteiger partial charge in [0.2, 0.25) is 5.91 Å². The quantitative estimate of drug-likeness (QED) is 0.606. The molecule has 6 nitrogen and oxygen atoms in total. The van der Waals surface area contributed by atoms with Crippen LogP contribution in [0.2, 0.25) is 0 Å². The molecule has 0 aromatic heterocycles. The predicted molar refractivity (Wildman–Crippen MR) is 117 cm³/mol. The Hall–Kier alpha value is -2.83. The number of carbonyl (C=O) groups excluding carboxylic acids is 2. The third kappa shape index (κ3) is 4.06. The number of imide groups is 1. The number of aliphatic imine (C=N–C) groups is 1. The molecule has 0 spiro atoms. The molecule has 2 amide bonds. The molecule has 0 bridgehead atoms. The highest BCUT2D eigenvalue weighted by Gasteiger charge is 2.38. The Morgan fingerprint density at radius 3 is 2.63 bits per heavy atom. The summed E-state index contributed by atoms with van der Waals surface area (Å²) in [7, 11) is 0. The third-order valence-corrected chi connectivity index (χ3v) is 6.01. The van der Waals surface area contributed by atoms with Crippen LogP contribution in [0.3, 0.4) is 0 Å². The summed E-state index contributed by atoms with van der Waals surface area (Å²) in [6, 6.07) is 13.0. The maximum absolute atomic E-state index is 13.4. The summed E-state index contributed by atoms with van der Waals surface area (Å²) in [5, 5.41) is 0. The zero-order valence-electron chi connectivity index (χ0n) is 17.6. The molecule has 4 rings (SSSR count). The first-order valence-electron chi connectivity index (χ1n) is 10.5. The van der Waals surface area contributed by atoms with Crippen LogP contribution in [0.15, 0.2) is 47.5 Å². The number of rotatable bonds is 5. The average Bonchev–Trinajstić information content (AvgIpc) is 2.76. The molecule has 1 saturated heterocycles. The molecule has 0 saturated carbocycles. The van der Waals surface area contributed by atoms with Crippen molar-refractivity contribution in [2.45, 2.75) is 19.8 Å². The van der Waals surface area contributed by atoms with Crippen molar-refractivity contribution >= 4 is 23.7 Å². The number of anilines is 1. The van der Waals surface area contributed by atoms with Gasteiger partial charge in [0.05, 0.1) is 37.9 Å². The van der Waals surface area contributed by atoms with Crippen LogP contribution in [0, 0.1) is 13.8 Å². The van der Waals surface area contributed by atoms with Gasteiger partial charge in [-0.05, 0) is 48.7 Å². The van der Waals surface area contributed by atoms with Crippen molar-refractivity contribution in [3.05, 3.63) is 64.7 Å².